The molecule has 0 saturated heterocycles. The predicted octanol–water partition coefficient (Wildman–Crippen LogP) is 0.784. The molecule has 1 rings (SSSR count). The fourth-order valence-corrected chi connectivity index (χ4v) is 3.12. The lowest BCUT2D eigenvalue weighted by Crippen LogP contribution is -2.48. The molecule has 1 aromatic rings. The van der Waals surface area contributed by atoms with E-state index in [0.717, 1.165) is 6.26 Å². The summed E-state index contributed by atoms with van der Waals surface area (Å²) in [5.41, 5.74) is 5.63. The number of amides is 2. The van der Waals surface area contributed by atoms with Gasteiger partial charge in [-0.2, -0.15) is 0 Å². The SMILES string of the molecule is CC(N)C(=O)N[C@@H](C)C(=O)O[C@H](c1ccc(S(C)(=O)=O)cc1)C(CF)NC(=O)C(Cl)Cl. The predicted molar refractivity (Wildman–Crippen MR) is 113 cm³/mol. The van der Waals surface area contributed by atoms with Crippen molar-refractivity contribution in [1.82, 2.24) is 10.6 Å². The molecular formula is C18H24Cl2FN3O6S. The van der Waals surface area contributed by atoms with Crippen molar-refractivity contribution in [2.75, 3.05) is 12.9 Å². The second-order valence-corrected chi connectivity index (χ2v) is 9.90. The van der Waals surface area contributed by atoms with Gasteiger partial charge < -0.3 is 21.1 Å². The summed E-state index contributed by atoms with van der Waals surface area (Å²) in [6.45, 7) is 1.59. The van der Waals surface area contributed by atoms with E-state index >= 15 is 0 Å². The Labute approximate surface area is 189 Å². The summed E-state index contributed by atoms with van der Waals surface area (Å²) in [6, 6.07) is 1.71. The van der Waals surface area contributed by atoms with E-state index in [4.69, 9.17) is 33.7 Å². The number of sulfone groups is 1. The lowest BCUT2D eigenvalue weighted by Gasteiger charge is -2.28. The van der Waals surface area contributed by atoms with Crippen molar-refractivity contribution in [2.24, 2.45) is 5.73 Å². The molecule has 9 nitrogen and oxygen atoms in total. The molecule has 0 spiro atoms. The fourth-order valence-electron chi connectivity index (χ4n) is 2.36. The summed E-state index contributed by atoms with van der Waals surface area (Å²) in [5.74, 6) is -2.47. The van der Waals surface area contributed by atoms with E-state index in [1.54, 1.807) is 0 Å². The van der Waals surface area contributed by atoms with Crippen LogP contribution in [-0.4, -0.2) is 62.1 Å². The molecule has 2 unspecified atom stereocenters. The van der Waals surface area contributed by atoms with Gasteiger partial charge in [-0.25, -0.2) is 17.6 Å². The maximum atomic E-state index is 13.8. The van der Waals surface area contributed by atoms with Gasteiger partial charge in [-0.15, -0.1) is 0 Å². The van der Waals surface area contributed by atoms with Crippen LogP contribution in [0.4, 0.5) is 4.39 Å². The van der Waals surface area contributed by atoms with Crippen molar-refractivity contribution < 1.29 is 31.9 Å². The van der Waals surface area contributed by atoms with Crippen LogP contribution in [0.5, 0.6) is 0 Å². The average molecular weight is 500 g/mol. The van der Waals surface area contributed by atoms with E-state index in [1.165, 1.54) is 38.1 Å². The number of halogens is 3. The molecule has 2 amide bonds. The van der Waals surface area contributed by atoms with Gasteiger partial charge in [0, 0.05) is 6.26 Å². The van der Waals surface area contributed by atoms with E-state index in [9.17, 15) is 27.2 Å². The van der Waals surface area contributed by atoms with E-state index in [0.29, 0.717) is 0 Å². The number of carbonyl (C=O) groups is 3. The average Bonchev–Trinajstić information content (AvgIpc) is 2.69. The van der Waals surface area contributed by atoms with Gasteiger partial charge in [0.25, 0.3) is 5.91 Å². The molecule has 0 aromatic heterocycles. The fraction of sp³-hybridized carbons (Fsp3) is 0.500. The monoisotopic (exact) mass is 499 g/mol. The third-order valence-corrected chi connectivity index (χ3v) is 5.59. The first-order chi connectivity index (χ1) is 14.3. The number of hydrogen-bond acceptors (Lipinski definition) is 7. The Bertz CT molecular complexity index is 896. The van der Waals surface area contributed by atoms with Crippen LogP contribution in [0.2, 0.25) is 0 Å². The van der Waals surface area contributed by atoms with Gasteiger partial charge in [0.05, 0.1) is 17.0 Å². The highest BCUT2D eigenvalue weighted by atomic mass is 35.5. The number of nitrogens with one attached hydrogen (secondary N) is 2. The summed E-state index contributed by atoms with van der Waals surface area (Å²) in [5, 5.41) is 4.57. The standard InChI is InChI=1S/C18H24Cl2FN3O6S/c1-9(22)16(25)23-10(2)18(27)30-14(13(8-21)24-17(26)15(19)20)11-4-6-12(7-5-11)31(3,28)29/h4-7,9-10,13-15H,8,22H2,1-3H3,(H,23,25)(H,24,26)/t9?,10-,13?,14+/m0/s1. The summed E-state index contributed by atoms with van der Waals surface area (Å²) in [4.78, 5) is 34.5. The van der Waals surface area contributed by atoms with Crippen LogP contribution in [-0.2, 0) is 29.0 Å². The van der Waals surface area contributed by atoms with Gasteiger partial charge in [-0.05, 0) is 31.5 Å². The van der Waals surface area contributed by atoms with Crippen LogP contribution >= 0.6 is 23.2 Å². The number of hydrogen-bond donors (Lipinski definition) is 3. The number of nitrogens with two attached hydrogens (primary N) is 1. The summed E-state index contributed by atoms with van der Waals surface area (Å²) in [7, 11) is -3.51. The Morgan fingerprint density at radius 1 is 1.10 bits per heavy atom. The van der Waals surface area contributed by atoms with Crippen molar-refractivity contribution in [2.45, 2.75) is 47.8 Å². The molecule has 0 fully saturated rings. The first-order valence-electron chi connectivity index (χ1n) is 8.98. The first kappa shape index (κ1) is 27.1. The first-order valence-corrected chi connectivity index (χ1v) is 11.7. The Balaban J connectivity index is 3.22. The maximum Gasteiger partial charge on any atom is 0.329 e. The second-order valence-electron chi connectivity index (χ2n) is 6.79. The molecule has 0 saturated carbocycles. The zero-order valence-corrected chi connectivity index (χ0v) is 19.3. The molecule has 174 valence electrons. The minimum absolute atomic E-state index is 0.0127. The van der Waals surface area contributed by atoms with Crippen molar-refractivity contribution >= 4 is 50.8 Å². The van der Waals surface area contributed by atoms with Crippen molar-refractivity contribution in [3.05, 3.63) is 29.8 Å². The molecule has 31 heavy (non-hydrogen) atoms. The van der Waals surface area contributed by atoms with Crippen LogP contribution < -0.4 is 16.4 Å². The molecule has 4 N–H and O–H groups in total. The summed E-state index contributed by atoms with van der Waals surface area (Å²) < 4.78 is 42.5. The largest absolute Gasteiger partial charge is 0.454 e. The van der Waals surface area contributed by atoms with Gasteiger partial charge >= 0.3 is 5.97 Å². The van der Waals surface area contributed by atoms with Gasteiger partial charge in [-0.1, -0.05) is 35.3 Å². The molecule has 0 radical (unpaired) electrons. The van der Waals surface area contributed by atoms with E-state index < -0.39 is 63.4 Å². The molecule has 0 heterocycles. The Kier molecular flexibility index (Phi) is 10.1. The third-order valence-electron chi connectivity index (χ3n) is 4.06. The molecule has 13 heteroatoms. The summed E-state index contributed by atoms with van der Waals surface area (Å²) >= 11 is 11.0. The van der Waals surface area contributed by atoms with Gasteiger partial charge in [0.1, 0.15) is 18.8 Å². The summed E-state index contributed by atoms with van der Waals surface area (Å²) in [6.07, 6.45) is -0.370. The number of benzene rings is 1. The molecule has 0 aliphatic rings. The molecule has 0 bridgehead atoms. The van der Waals surface area contributed by atoms with E-state index in [1.807, 2.05) is 0 Å². The third kappa shape index (κ3) is 8.24. The molecule has 1 aromatic carbocycles. The number of esters is 1. The number of ether oxygens (including phenoxy) is 1. The number of carbonyl (C=O) groups excluding carboxylic acids is 3. The van der Waals surface area contributed by atoms with E-state index in [-0.39, 0.29) is 10.5 Å². The second kappa shape index (κ2) is 11.6. The van der Waals surface area contributed by atoms with Crippen LogP contribution in [0.25, 0.3) is 0 Å². The molecule has 0 aliphatic heterocycles. The van der Waals surface area contributed by atoms with Crippen molar-refractivity contribution in [1.29, 1.82) is 0 Å². The maximum absolute atomic E-state index is 13.8. The van der Waals surface area contributed by atoms with Crippen LogP contribution in [0, 0.1) is 0 Å². The van der Waals surface area contributed by atoms with Crippen molar-refractivity contribution in [3.8, 4) is 0 Å². The normalized spacial score (nSPS) is 15.5. The zero-order chi connectivity index (χ0) is 23.9. The highest BCUT2D eigenvalue weighted by molar-refractivity contribution is 7.90. The molecule has 4 atom stereocenters. The lowest BCUT2D eigenvalue weighted by molar-refractivity contribution is -0.155. The van der Waals surface area contributed by atoms with Gasteiger partial charge in [0.2, 0.25) is 5.91 Å². The lowest BCUT2D eigenvalue weighted by atomic mass is 10.0. The van der Waals surface area contributed by atoms with Crippen molar-refractivity contribution in [3.63, 3.8) is 0 Å². The quantitative estimate of drug-likeness (QED) is 0.318. The van der Waals surface area contributed by atoms with Crippen LogP contribution in [0.3, 0.4) is 0 Å². The van der Waals surface area contributed by atoms with E-state index in [2.05, 4.69) is 10.6 Å². The zero-order valence-electron chi connectivity index (χ0n) is 17.0. The highest BCUT2D eigenvalue weighted by Crippen LogP contribution is 2.25. The number of rotatable bonds is 10. The smallest absolute Gasteiger partial charge is 0.329 e. The number of alkyl halides is 3. The van der Waals surface area contributed by atoms with Gasteiger partial charge in [-0.3, -0.25) is 9.59 Å². The minimum atomic E-state index is -3.51. The Hall–Kier alpha value is -1.95. The minimum Gasteiger partial charge on any atom is -0.454 e. The molecular weight excluding hydrogens is 476 g/mol. The topological polar surface area (TPSA) is 145 Å². The van der Waals surface area contributed by atoms with Crippen LogP contribution in [0.1, 0.15) is 25.5 Å². The highest BCUT2D eigenvalue weighted by Gasteiger charge is 2.32. The van der Waals surface area contributed by atoms with Gasteiger partial charge in [0.15, 0.2) is 14.7 Å². The Morgan fingerprint density at radius 2 is 1.65 bits per heavy atom. The Morgan fingerprint density at radius 3 is 2.06 bits per heavy atom. The van der Waals surface area contributed by atoms with Crippen LogP contribution in [0.15, 0.2) is 29.2 Å². The molecule has 0 aliphatic carbocycles.